The number of carbonyl (C=O) groups is 1. The highest BCUT2D eigenvalue weighted by atomic mass is 19.4. The summed E-state index contributed by atoms with van der Waals surface area (Å²) in [5.74, 6) is -1.78. The molecular weight excluding hydrogens is 247 g/mol. The van der Waals surface area contributed by atoms with Crippen LogP contribution in [-0.2, 0) is 11.2 Å². The highest BCUT2D eigenvalue weighted by molar-refractivity contribution is 5.81. The van der Waals surface area contributed by atoms with Crippen molar-refractivity contribution < 1.29 is 23.1 Å². The first-order valence-electron chi connectivity index (χ1n) is 5.44. The van der Waals surface area contributed by atoms with E-state index in [1.54, 1.807) is 12.1 Å². The Labute approximate surface area is 103 Å². The number of alkyl halides is 3. The smallest absolute Gasteiger partial charge is 0.471 e. The molecule has 0 aliphatic rings. The number of aryl methyl sites for hydroxylation is 1. The molecule has 1 aromatic carbocycles. The molecule has 1 atom stereocenters. The van der Waals surface area contributed by atoms with Crippen LogP contribution in [0.2, 0.25) is 0 Å². The van der Waals surface area contributed by atoms with Crippen molar-refractivity contribution in [3.8, 4) is 5.75 Å². The second kappa shape index (κ2) is 5.75. The number of aromatic hydroxyl groups is 1. The third-order valence-corrected chi connectivity index (χ3v) is 2.44. The van der Waals surface area contributed by atoms with Crippen molar-refractivity contribution in [2.75, 3.05) is 0 Å². The monoisotopic (exact) mass is 261 g/mol. The molecule has 0 bridgehead atoms. The molecule has 0 heterocycles. The van der Waals surface area contributed by atoms with Crippen LogP contribution >= 0.6 is 0 Å². The van der Waals surface area contributed by atoms with E-state index in [2.05, 4.69) is 0 Å². The van der Waals surface area contributed by atoms with E-state index >= 15 is 0 Å². The van der Waals surface area contributed by atoms with Gasteiger partial charge in [0.2, 0.25) is 0 Å². The molecule has 0 aliphatic carbocycles. The van der Waals surface area contributed by atoms with Crippen molar-refractivity contribution in [3.63, 3.8) is 0 Å². The predicted molar refractivity (Wildman–Crippen MR) is 60.1 cm³/mol. The molecule has 0 radical (unpaired) electrons. The van der Waals surface area contributed by atoms with E-state index in [4.69, 9.17) is 5.11 Å². The molecule has 1 unspecified atom stereocenters. The van der Waals surface area contributed by atoms with Crippen molar-refractivity contribution in [1.29, 1.82) is 0 Å². The Morgan fingerprint density at radius 3 is 2.39 bits per heavy atom. The van der Waals surface area contributed by atoms with Gasteiger partial charge in [0.1, 0.15) is 5.75 Å². The SMILES string of the molecule is CC(CCc1ccc(O)cc1)NC(=O)C(F)(F)F. The van der Waals surface area contributed by atoms with Gasteiger partial charge in [-0.1, -0.05) is 12.1 Å². The molecule has 0 aromatic heterocycles. The van der Waals surface area contributed by atoms with E-state index < -0.39 is 18.1 Å². The van der Waals surface area contributed by atoms with Gasteiger partial charge in [0.25, 0.3) is 0 Å². The van der Waals surface area contributed by atoms with Crippen LogP contribution in [0.4, 0.5) is 13.2 Å². The summed E-state index contributed by atoms with van der Waals surface area (Å²) >= 11 is 0. The lowest BCUT2D eigenvalue weighted by molar-refractivity contribution is -0.174. The summed E-state index contributed by atoms with van der Waals surface area (Å²) in [7, 11) is 0. The molecule has 100 valence electrons. The maximum atomic E-state index is 12.0. The standard InChI is InChI=1S/C12H14F3NO2/c1-8(16-11(18)12(13,14)15)2-3-9-4-6-10(17)7-5-9/h4-8,17H,2-3H2,1H3,(H,16,18). The number of phenols is 1. The second-order valence-corrected chi connectivity index (χ2v) is 4.08. The number of hydrogen-bond donors (Lipinski definition) is 2. The van der Waals surface area contributed by atoms with Gasteiger partial charge < -0.3 is 10.4 Å². The molecule has 0 saturated carbocycles. The van der Waals surface area contributed by atoms with Crippen molar-refractivity contribution in [1.82, 2.24) is 5.32 Å². The third kappa shape index (κ3) is 4.65. The fraction of sp³-hybridized carbons (Fsp3) is 0.417. The minimum atomic E-state index is -4.84. The summed E-state index contributed by atoms with van der Waals surface area (Å²) in [5.41, 5.74) is 0.890. The highest BCUT2D eigenvalue weighted by Gasteiger charge is 2.39. The molecule has 1 rings (SSSR count). The predicted octanol–water partition coefficient (Wildman–Crippen LogP) is 2.39. The van der Waals surface area contributed by atoms with Gasteiger partial charge in [-0.25, -0.2) is 0 Å². The Morgan fingerprint density at radius 1 is 1.33 bits per heavy atom. The van der Waals surface area contributed by atoms with Crippen LogP contribution in [0.1, 0.15) is 18.9 Å². The summed E-state index contributed by atoms with van der Waals surface area (Å²) < 4.78 is 35.9. The molecule has 0 aliphatic heterocycles. The van der Waals surface area contributed by atoms with Crippen molar-refractivity contribution in [2.24, 2.45) is 0 Å². The molecular formula is C12H14F3NO2. The van der Waals surface area contributed by atoms with Gasteiger partial charge in [-0.15, -0.1) is 0 Å². The molecule has 0 fully saturated rings. The number of hydrogen-bond acceptors (Lipinski definition) is 2. The first-order valence-corrected chi connectivity index (χ1v) is 5.44. The average molecular weight is 261 g/mol. The average Bonchev–Trinajstić information content (AvgIpc) is 2.27. The van der Waals surface area contributed by atoms with E-state index in [-0.39, 0.29) is 5.75 Å². The number of halogens is 3. The van der Waals surface area contributed by atoms with Crippen LogP contribution in [0, 0.1) is 0 Å². The maximum Gasteiger partial charge on any atom is 0.471 e. The van der Waals surface area contributed by atoms with Crippen molar-refractivity contribution in [2.45, 2.75) is 32.0 Å². The van der Waals surface area contributed by atoms with Gasteiger partial charge in [0.15, 0.2) is 0 Å². The van der Waals surface area contributed by atoms with Gasteiger partial charge >= 0.3 is 12.1 Å². The number of rotatable bonds is 4. The van der Waals surface area contributed by atoms with Crippen LogP contribution in [0.3, 0.4) is 0 Å². The highest BCUT2D eigenvalue weighted by Crippen LogP contribution is 2.16. The Balaban J connectivity index is 2.40. The Hall–Kier alpha value is -1.72. The number of benzene rings is 1. The fourth-order valence-electron chi connectivity index (χ4n) is 1.42. The zero-order chi connectivity index (χ0) is 13.8. The Kier molecular flexibility index (Phi) is 4.58. The zero-order valence-electron chi connectivity index (χ0n) is 9.79. The summed E-state index contributed by atoms with van der Waals surface area (Å²) in [5, 5.41) is 10.9. The molecule has 2 N–H and O–H groups in total. The molecule has 6 heteroatoms. The quantitative estimate of drug-likeness (QED) is 0.874. The first-order chi connectivity index (χ1) is 8.29. The van der Waals surface area contributed by atoms with E-state index in [1.807, 2.05) is 5.32 Å². The number of nitrogens with one attached hydrogen (secondary N) is 1. The van der Waals surface area contributed by atoms with Gasteiger partial charge in [0.05, 0.1) is 0 Å². The van der Waals surface area contributed by atoms with Crippen molar-refractivity contribution >= 4 is 5.91 Å². The summed E-state index contributed by atoms with van der Waals surface area (Å²) in [6.07, 6.45) is -3.92. The lowest BCUT2D eigenvalue weighted by Gasteiger charge is -2.15. The molecule has 0 saturated heterocycles. The lowest BCUT2D eigenvalue weighted by atomic mass is 10.1. The van der Waals surface area contributed by atoms with Crippen LogP contribution in [-0.4, -0.2) is 23.2 Å². The van der Waals surface area contributed by atoms with Crippen LogP contribution in [0.15, 0.2) is 24.3 Å². The largest absolute Gasteiger partial charge is 0.508 e. The minimum Gasteiger partial charge on any atom is -0.508 e. The lowest BCUT2D eigenvalue weighted by Crippen LogP contribution is -2.42. The van der Waals surface area contributed by atoms with Crippen LogP contribution in [0.25, 0.3) is 0 Å². The van der Waals surface area contributed by atoms with Gasteiger partial charge in [-0.3, -0.25) is 4.79 Å². The van der Waals surface area contributed by atoms with Crippen LogP contribution in [0.5, 0.6) is 5.75 Å². The summed E-state index contributed by atoms with van der Waals surface area (Å²) in [6.45, 7) is 1.52. The van der Waals surface area contributed by atoms with Crippen LogP contribution < -0.4 is 5.32 Å². The second-order valence-electron chi connectivity index (χ2n) is 4.08. The zero-order valence-corrected chi connectivity index (χ0v) is 9.79. The Bertz CT molecular complexity index is 401. The minimum absolute atomic E-state index is 0.136. The normalized spacial score (nSPS) is 13.1. The number of carbonyl (C=O) groups excluding carboxylic acids is 1. The third-order valence-electron chi connectivity index (χ3n) is 2.44. The Morgan fingerprint density at radius 2 is 1.89 bits per heavy atom. The molecule has 1 amide bonds. The van der Waals surface area contributed by atoms with Gasteiger partial charge in [-0.05, 0) is 37.5 Å². The number of amides is 1. The molecule has 18 heavy (non-hydrogen) atoms. The summed E-state index contributed by atoms with van der Waals surface area (Å²) in [6, 6.07) is 5.83. The van der Waals surface area contributed by atoms with E-state index in [9.17, 15) is 18.0 Å². The molecule has 0 spiro atoms. The number of phenolic OH excluding ortho intramolecular Hbond substituents is 1. The fourth-order valence-corrected chi connectivity index (χ4v) is 1.42. The van der Waals surface area contributed by atoms with Crippen molar-refractivity contribution in [3.05, 3.63) is 29.8 Å². The maximum absolute atomic E-state index is 12.0. The van der Waals surface area contributed by atoms with E-state index in [0.717, 1.165) is 5.56 Å². The first kappa shape index (κ1) is 14.3. The molecule has 3 nitrogen and oxygen atoms in total. The van der Waals surface area contributed by atoms with E-state index in [1.165, 1.54) is 19.1 Å². The van der Waals surface area contributed by atoms with Gasteiger partial charge in [-0.2, -0.15) is 13.2 Å². The summed E-state index contributed by atoms with van der Waals surface area (Å²) in [4.78, 5) is 10.7. The van der Waals surface area contributed by atoms with E-state index in [0.29, 0.717) is 12.8 Å². The van der Waals surface area contributed by atoms with Gasteiger partial charge in [0, 0.05) is 6.04 Å². The molecule has 1 aromatic rings. The topological polar surface area (TPSA) is 49.3 Å².